The molecule has 0 aromatic carbocycles. The van der Waals surface area contributed by atoms with E-state index in [1.807, 2.05) is 0 Å². The molecule has 2 aliphatic carbocycles. The summed E-state index contributed by atoms with van der Waals surface area (Å²) >= 11 is 0. The molecule has 88 valence electrons. The number of fused-ring (bicyclic) bond motifs is 1. The molecule has 0 aliphatic heterocycles. The van der Waals surface area contributed by atoms with Crippen LogP contribution in [0.2, 0.25) is 0 Å². The third-order valence-corrected chi connectivity index (χ3v) is 4.83. The van der Waals surface area contributed by atoms with Crippen molar-refractivity contribution in [2.45, 2.75) is 60.8 Å². The Hall–Kier alpha value is 0. The first-order chi connectivity index (χ1) is 6.71. The predicted octanol–water partition coefficient (Wildman–Crippen LogP) is 4.74. The Kier molecular flexibility index (Phi) is 2.48. The molecule has 4 atom stereocenters. The van der Waals surface area contributed by atoms with Crippen LogP contribution >= 0.6 is 0 Å². The highest BCUT2D eigenvalue weighted by Gasteiger charge is 2.55. The fourth-order valence-electron chi connectivity index (χ4n) is 4.13. The maximum Gasteiger partial charge on any atom is -0.0301 e. The molecule has 2 fully saturated rings. The molecule has 0 aromatic heterocycles. The van der Waals surface area contributed by atoms with Crippen LogP contribution in [0.4, 0.5) is 0 Å². The molecular formula is C15H28. The molecule has 15 heavy (non-hydrogen) atoms. The lowest BCUT2D eigenvalue weighted by Crippen LogP contribution is -2.39. The van der Waals surface area contributed by atoms with Gasteiger partial charge >= 0.3 is 0 Å². The van der Waals surface area contributed by atoms with Crippen molar-refractivity contribution < 1.29 is 0 Å². The van der Waals surface area contributed by atoms with Gasteiger partial charge in [0.2, 0.25) is 0 Å². The van der Waals surface area contributed by atoms with Gasteiger partial charge in [0.1, 0.15) is 0 Å². The molecule has 2 saturated carbocycles. The maximum atomic E-state index is 2.46. The van der Waals surface area contributed by atoms with Crippen LogP contribution in [0.15, 0.2) is 0 Å². The van der Waals surface area contributed by atoms with Gasteiger partial charge in [-0.3, -0.25) is 0 Å². The van der Waals surface area contributed by atoms with Gasteiger partial charge in [0, 0.05) is 0 Å². The maximum absolute atomic E-state index is 2.46. The van der Waals surface area contributed by atoms with Gasteiger partial charge in [-0.25, -0.2) is 0 Å². The summed E-state index contributed by atoms with van der Waals surface area (Å²) in [7, 11) is 0. The zero-order valence-corrected chi connectivity index (χ0v) is 11.4. The summed E-state index contributed by atoms with van der Waals surface area (Å²) in [6, 6.07) is 0. The highest BCUT2D eigenvalue weighted by molar-refractivity contribution is 5.04. The molecule has 0 nitrogen and oxygen atoms in total. The molecule has 0 bridgehead atoms. The minimum atomic E-state index is 0.505. The van der Waals surface area contributed by atoms with E-state index < -0.39 is 0 Å². The van der Waals surface area contributed by atoms with Gasteiger partial charge in [0.15, 0.2) is 0 Å². The normalized spacial score (nSPS) is 41.2. The molecule has 2 rings (SSSR count). The van der Waals surface area contributed by atoms with Crippen molar-refractivity contribution in [3.8, 4) is 0 Å². The highest BCUT2D eigenvalue weighted by atomic mass is 14.6. The fourth-order valence-corrected chi connectivity index (χ4v) is 4.13. The molecule has 2 unspecified atom stereocenters. The van der Waals surface area contributed by atoms with E-state index in [1.54, 1.807) is 0 Å². The van der Waals surface area contributed by atoms with Crippen LogP contribution in [-0.4, -0.2) is 0 Å². The van der Waals surface area contributed by atoms with Crippen LogP contribution in [0.1, 0.15) is 60.8 Å². The minimum Gasteiger partial charge on any atom is -0.0599 e. The van der Waals surface area contributed by atoms with Gasteiger partial charge in [-0.15, -0.1) is 0 Å². The number of hydrogen-bond donors (Lipinski definition) is 0. The Bertz CT molecular complexity index is 238. The Labute approximate surface area is 95.8 Å². The van der Waals surface area contributed by atoms with E-state index in [0.29, 0.717) is 10.8 Å². The summed E-state index contributed by atoms with van der Waals surface area (Å²) < 4.78 is 0. The smallest absolute Gasteiger partial charge is 0.0301 e. The molecule has 2 aliphatic rings. The second kappa shape index (κ2) is 3.25. The van der Waals surface area contributed by atoms with Gasteiger partial charge in [-0.1, -0.05) is 41.5 Å². The van der Waals surface area contributed by atoms with Crippen molar-refractivity contribution in [1.82, 2.24) is 0 Å². The van der Waals surface area contributed by atoms with Crippen LogP contribution in [0.3, 0.4) is 0 Å². The first kappa shape index (κ1) is 11.5. The van der Waals surface area contributed by atoms with Crippen LogP contribution in [0.5, 0.6) is 0 Å². The Morgan fingerprint density at radius 3 is 1.87 bits per heavy atom. The lowest BCUT2D eigenvalue weighted by atomic mass is 9.59. The van der Waals surface area contributed by atoms with Gasteiger partial charge in [0.25, 0.3) is 0 Å². The van der Waals surface area contributed by atoms with Gasteiger partial charge < -0.3 is 0 Å². The molecule has 0 radical (unpaired) electrons. The van der Waals surface area contributed by atoms with Crippen molar-refractivity contribution in [1.29, 1.82) is 0 Å². The fraction of sp³-hybridized carbons (Fsp3) is 1.00. The van der Waals surface area contributed by atoms with E-state index in [1.165, 1.54) is 19.3 Å². The monoisotopic (exact) mass is 208 g/mol. The van der Waals surface area contributed by atoms with Gasteiger partial charge in [-0.05, 0) is 53.8 Å². The lowest BCUT2D eigenvalue weighted by Gasteiger charge is -2.46. The summed E-state index contributed by atoms with van der Waals surface area (Å²) in [4.78, 5) is 0. The third kappa shape index (κ3) is 2.10. The van der Waals surface area contributed by atoms with E-state index in [4.69, 9.17) is 0 Å². The first-order valence-corrected chi connectivity index (χ1v) is 6.71. The first-order valence-electron chi connectivity index (χ1n) is 6.71. The summed E-state index contributed by atoms with van der Waals surface area (Å²) in [6.45, 7) is 14.7. The molecule has 0 spiro atoms. The highest BCUT2D eigenvalue weighted by Crippen LogP contribution is 2.62. The second-order valence-electron chi connectivity index (χ2n) is 8.10. The van der Waals surface area contributed by atoms with Crippen LogP contribution in [0, 0.1) is 34.5 Å². The van der Waals surface area contributed by atoms with E-state index in [0.717, 1.165) is 23.7 Å². The van der Waals surface area contributed by atoms with Crippen molar-refractivity contribution in [2.75, 3.05) is 0 Å². The summed E-state index contributed by atoms with van der Waals surface area (Å²) in [6.07, 6.45) is 4.53. The zero-order valence-electron chi connectivity index (χ0n) is 11.4. The van der Waals surface area contributed by atoms with E-state index >= 15 is 0 Å². The molecule has 0 amide bonds. The molecular weight excluding hydrogens is 180 g/mol. The van der Waals surface area contributed by atoms with Gasteiger partial charge in [-0.2, -0.15) is 0 Å². The average molecular weight is 208 g/mol. The van der Waals surface area contributed by atoms with Crippen molar-refractivity contribution in [2.24, 2.45) is 34.5 Å². The number of hydrogen-bond acceptors (Lipinski definition) is 0. The third-order valence-electron chi connectivity index (χ3n) is 4.83. The quantitative estimate of drug-likeness (QED) is 0.539. The lowest BCUT2D eigenvalue weighted by molar-refractivity contribution is 0.0232. The largest absolute Gasteiger partial charge is 0.0599 e. The molecule has 0 N–H and O–H groups in total. The van der Waals surface area contributed by atoms with E-state index in [2.05, 4.69) is 41.5 Å². The Morgan fingerprint density at radius 1 is 0.800 bits per heavy atom. The van der Waals surface area contributed by atoms with Gasteiger partial charge in [0.05, 0.1) is 0 Å². The summed E-state index contributed by atoms with van der Waals surface area (Å²) in [5.74, 6) is 4.09. The van der Waals surface area contributed by atoms with Crippen molar-refractivity contribution >= 4 is 0 Å². The van der Waals surface area contributed by atoms with Crippen LogP contribution in [-0.2, 0) is 0 Å². The van der Waals surface area contributed by atoms with Crippen LogP contribution < -0.4 is 0 Å². The van der Waals surface area contributed by atoms with Crippen molar-refractivity contribution in [3.63, 3.8) is 0 Å². The summed E-state index contributed by atoms with van der Waals surface area (Å²) in [5, 5.41) is 0. The average Bonchev–Trinajstić information content (AvgIpc) is 2.75. The number of rotatable bonds is 0. The van der Waals surface area contributed by atoms with E-state index in [9.17, 15) is 0 Å². The van der Waals surface area contributed by atoms with E-state index in [-0.39, 0.29) is 0 Å². The minimum absolute atomic E-state index is 0.505. The predicted molar refractivity (Wildman–Crippen MR) is 66.7 cm³/mol. The summed E-state index contributed by atoms with van der Waals surface area (Å²) in [5.41, 5.74) is 1.02. The second-order valence-corrected chi connectivity index (χ2v) is 8.10. The molecule has 0 aromatic rings. The Balaban J connectivity index is 2.21. The standard InChI is InChI=1S/C15H28/c1-14(2,3)12-8-7-10-9-11(10)13(12)15(4,5)6/h10-13H,7-9H2,1-6H3/t10-,11+,12?,13?/m0/s1. The Morgan fingerprint density at radius 2 is 1.40 bits per heavy atom. The molecule has 0 heterocycles. The van der Waals surface area contributed by atoms with Crippen molar-refractivity contribution in [3.05, 3.63) is 0 Å². The molecule has 0 heteroatoms. The zero-order chi connectivity index (χ0) is 11.4. The topological polar surface area (TPSA) is 0 Å². The molecule has 0 saturated heterocycles. The van der Waals surface area contributed by atoms with Crippen LogP contribution in [0.25, 0.3) is 0 Å². The SMILES string of the molecule is CC(C)(C)C1CC[C@H]2C[C@H]2C1C(C)(C)C.